The molecule has 0 N–H and O–H groups in total. The first kappa shape index (κ1) is 24.2. The molecular formula is C27H28N2O2Pt. The topological polar surface area (TPSA) is 52.1 Å². The van der Waals surface area contributed by atoms with Crippen molar-refractivity contribution in [2.24, 2.45) is 0 Å². The van der Waals surface area contributed by atoms with Gasteiger partial charge >= 0.3 is 21.1 Å². The molecule has 0 spiro atoms. The molecule has 168 valence electrons. The third kappa shape index (κ3) is 4.26. The summed E-state index contributed by atoms with van der Waals surface area (Å²) in [5, 5.41) is 0. The van der Waals surface area contributed by atoms with Gasteiger partial charge in [0, 0.05) is 16.2 Å². The van der Waals surface area contributed by atoms with Crippen molar-refractivity contribution in [3.8, 4) is 0 Å². The van der Waals surface area contributed by atoms with Crippen LogP contribution in [-0.2, 0) is 37.3 Å². The van der Waals surface area contributed by atoms with Gasteiger partial charge in [0.1, 0.15) is 12.5 Å². The number of rotatable bonds is 6. The number of benzene rings is 2. The van der Waals surface area contributed by atoms with Crippen LogP contribution in [0, 0.1) is 12.1 Å². The fourth-order valence-corrected chi connectivity index (χ4v) is 3.73. The van der Waals surface area contributed by atoms with Crippen molar-refractivity contribution in [1.82, 2.24) is 9.97 Å². The summed E-state index contributed by atoms with van der Waals surface area (Å²) in [6.07, 6.45) is 5.04. The Labute approximate surface area is 204 Å². The maximum atomic E-state index is 6.01. The Morgan fingerprint density at radius 2 is 1.41 bits per heavy atom. The zero-order valence-electron chi connectivity index (χ0n) is 19.3. The quantitative estimate of drug-likeness (QED) is 0.244. The Kier molecular flexibility index (Phi) is 6.67. The second-order valence-electron chi connectivity index (χ2n) is 9.50. The summed E-state index contributed by atoms with van der Waals surface area (Å²) in [6, 6.07) is 21.1. The summed E-state index contributed by atoms with van der Waals surface area (Å²) in [6.45, 7) is 12.7. The van der Waals surface area contributed by atoms with E-state index in [1.165, 1.54) is 0 Å². The van der Waals surface area contributed by atoms with Gasteiger partial charge < -0.3 is 8.83 Å². The summed E-state index contributed by atoms with van der Waals surface area (Å²) >= 11 is 0. The first-order valence-electron chi connectivity index (χ1n) is 10.5. The molecule has 0 aliphatic rings. The Bertz CT molecular complexity index is 1160. The standard InChI is InChI=1S/C27H28N2O2.Pt/c1-25(2,19-11-8-7-9-12-19)22-18-31-24(29-22)27(5,6)21-14-10-13-20(17-21)26(3,4)23-28-15-16-30-23;/h7-11,13-16,18H,1-6H3;/q-2;+2. The molecule has 0 aliphatic carbocycles. The minimum Gasteiger partial charge on any atom is -0.448 e. The maximum absolute atomic E-state index is 6.01. The molecule has 2 heterocycles. The van der Waals surface area contributed by atoms with Gasteiger partial charge in [-0.1, -0.05) is 13.8 Å². The molecule has 2 aromatic carbocycles. The molecule has 32 heavy (non-hydrogen) atoms. The first-order chi connectivity index (χ1) is 14.6. The summed E-state index contributed by atoms with van der Waals surface area (Å²) in [5.41, 5.74) is 2.80. The van der Waals surface area contributed by atoms with Crippen molar-refractivity contribution in [3.63, 3.8) is 0 Å². The van der Waals surface area contributed by atoms with Crippen LogP contribution in [0.5, 0.6) is 0 Å². The average Bonchev–Trinajstić information content (AvgIpc) is 3.47. The third-order valence-electron chi connectivity index (χ3n) is 6.17. The van der Waals surface area contributed by atoms with Crippen LogP contribution in [-0.4, -0.2) is 9.97 Å². The summed E-state index contributed by atoms with van der Waals surface area (Å²) in [5.74, 6) is 1.33. The van der Waals surface area contributed by atoms with Crippen LogP contribution in [0.1, 0.15) is 75.7 Å². The van der Waals surface area contributed by atoms with Gasteiger partial charge in [-0.3, -0.25) is 0 Å². The minimum atomic E-state index is -0.461. The second kappa shape index (κ2) is 8.82. The Morgan fingerprint density at radius 1 is 0.750 bits per heavy atom. The van der Waals surface area contributed by atoms with Gasteiger partial charge in [0.15, 0.2) is 0 Å². The van der Waals surface area contributed by atoms with Gasteiger partial charge in [-0.2, -0.15) is 60.2 Å². The molecule has 0 unspecified atom stereocenters. The minimum absolute atomic E-state index is 0. The van der Waals surface area contributed by atoms with Gasteiger partial charge in [0.2, 0.25) is 11.8 Å². The number of aromatic nitrogens is 2. The largest absolute Gasteiger partial charge is 2.00 e. The Balaban J connectivity index is 0.00000289. The molecular weight excluding hydrogens is 579 g/mol. The van der Waals surface area contributed by atoms with E-state index in [1.54, 1.807) is 18.7 Å². The molecule has 0 bridgehead atoms. The normalized spacial score (nSPS) is 12.4. The van der Waals surface area contributed by atoms with Crippen molar-refractivity contribution in [2.45, 2.75) is 57.8 Å². The summed E-state index contributed by atoms with van der Waals surface area (Å²) < 4.78 is 11.6. The van der Waals surface area contributed by atoms with Crippen molar-refractivity contribution in [2.75, 3.05) is 0 Å². The Hall–Kier alpha value is -2.45. The van der Waals surface area contributed by atoms with E-state index in [-0.39, 0.29) is 26.5 Å². The predicted octanol–water partition coefficient (Wildman–Crippen LogP) is 6.24. The monoisotopic (exact) mass is 607 g/mol. The fraction of sp³-hybridized carbons (Fsp3) is 0.333. The van der Waals surface area contributed by atoms with E-state index in [1.807, 2.05) is 24.3 Å². The van der Waals surface area contributed by atoms with Gasteiger partial charge in [0.25, 0.3) is 0 Å². The first-order valence-corrected chi connectivity index (χ1v) is 10.5. The maximum Gasteiger partial charge on any atom is 2.00 e. The zero-order valence-corrected chi connectivity index (χ0v) is 21.6. The van der Waals surface area contributed by atoms with Crippen LogP contribution in [0.2, 0.25) is 0 Å². The van der Waals surface area contributed by atoms with E-state index in [9.17, 15) is 0 Å². The number of nitrogens with zero attached hydrogens (tertiary/aromatic N) is 2. The van der Waals surface area contributed by atoms with E-state index in [0.717, 1.165) is 22.4 Å². The average molecular weight is 608 g/mol. The van der Waals surface area contributed by atoms with Crippen LogP contribution >= 0.6 is 0 Å². The van der Waals surface area contributed by atoms with Crippen LogP contribution < -0.4 is 0 Å². The van der Waals surface area contributed by atoms with Crippen molar-refractivity contribution in [1.29, 1.82) is 0 Å². The smallest absolute Gasteiger partial charge is 0.448 e. The van der Waals surface area contributed by atoms with E-state index < -0.39 is 10.8 Å². The van der Waals surface area contributed by atoms with Crippen molar-refractivity contribution in [3.05, 3.63) is 107 Å². The summed E-state index contributed by atoms with van der Waals surface area (Å²) in [4.78, 5) is 9.26. The number of oxazole rings is 2. The molecule has 4 aromatic rings. The Morgan fingerprint density at radius 3 is 2.00 bits per heavy atom. The molecule has 0 saturated carbocycles. The molecule has 2 aromatic heterocycles. The molecule has 0 fully saturated rings. The van der Waals surface area contributed by atoms with Gasteiger partial charge in [0.05, 0.1) is 11.9 Å². The summed E-state index contributed by atoms with van der Waals surface area (Å²) in [7, 11) is 0. The van der Waals surface area contributed by atoms with E-state index in [2.05, 4.69) is 76.9 Å². The number of hydrogen-bond acceptors (Lipinski definition) is 4. The third-order valence-corrected chi connectivity index (χ3v) is 6.17. The van der Waals surface area contributed by atoms with Gasteiger partial charge in [-0.25, -0.2) is 9.97 Å². The van der Waals surface area contributed by atoms with Crippen LogP contribution in [0.3, 0.4) is 0 Å². The van der Waals surface area contributed by atoms with E-state index in [4.69, 9.17) is 13.8 Å². The SMILES string of the molecule is CC(C)(c1[c-]cccc1)c1coc(C(C)(C)c2[c-]c(C(C)(C)c3ncco3)ccc2)n1.[Pt+2]. The van der Waals surface area contributed by atoms with E-state index >= 15 is 0 Å². The van der Waals surface area contributed by atoms with E-state index in [0.29, 0.717) is 11.8 Å². The molecule has 5 heteroatoms. The van der Waals surface area contributed by atoms with Crippen LogP contribution in [0.4, 0.5) is 0 Å². The molecule has 0 radical (unpaired) electrons. The molecule has 0 amide bonds. The second-order valence-corrected chi connectivity index (χ2v) is 9.50. The number of hydrogen-bond donors (Lipinski definition) is 0. The zero-order chi connectivity index (χ0) is 22.3. The van der Waals surface area contributed by atoms with Gasteiger partial charge in [-0.05, 0) is 27.7 Å². The molecule has 0 atom stereocenters. The molecule has 0 saturated heterocycles. The predicted molar refractivity (Wildman–Crippen MR) is 120 cm³/mol. The fourth-order valence-electron chi connectivity index (χ4n) is 3.73. The van der Waals surface area contributed by atoms with Gasteiger partial charge in [-0.15, -0.1) is 11.1 Å². The molecule has 0 aliphatic heterocycles. The van der Waals surface area contributed by atoms with Crippen molar-refractivity contribution < 1.29 is 29.9 Å². The van der Waals surface area contributed by atoms with Crippen molar-refractivity contribution >= 4 is 0 Å². The van der Waals surface area contributed by atoms with Crippen LogP contribution in [0.25, 0.3) is 0 Å². The van der Waals surface area contributed by atoms with Crippen LogP contribution in [0.15, 0.2) is 70.0 Å². The molecule has 4 rings (SSSR count). The molecule has 4 nitrogen and oxygen atoms in total.